The second-order valence-electron chi connectivity index (χ2n) is 25.6. The number of phosphoric acid groups is 1. The first-order valence-electron chi connectivity index (χ1n) is 35.7. The van der Waals surface area contributed by atoms with Gasteiger partial charge in [0, 0.05) is 6.42 Å². The quantitative estimate of drug-likeness (QED) is 0.0243. The molecule has 0 spiro atoms. The number of carbonyl (C=O) groups excluding carboxylic acids is 1. The first-order chi connectivity index (χ1) is 40.0. The molecule has 82 heavy (non-hydrogen) atoms. The average Bonchev–Trinajstić information content (AvgIpc) is 3.47. The second kappa shape index (κ2) is 63.7. The number of allylic oxidation sites excluding steroid dienone is 9. The molecule has 0 aromatic heterocycles. The number of carbonyl (C=O) groups is 1. The number of hydrogen-bond acceptors (Lipinski definition) is 5. The Hall–Kier alpha value is -1.80. The molecule has 0 aliphatic rings. The predicted octanol–water partition coefficient (Wildman–Crippen LogP) is 22.8. The molecule has 0 radical (unpaired) electrons. The minimum absolute atomic E-state index is 0.0620. The monoisotopic (exact) mass is 1170 g/mol. The van der Waals surface area contributed by atoms with E-state index in [1.54, 1.807) is 6.08 Å². The smallest absolute Gasteiger partial charge is 0.387 e. The van der Waals surface area contributed by atoms with Crippen molar-refractivity contribution in [2.75, 3.05) is 40.9 Å². The molecule has 0 fully saturated rings. The molecule has 3 unspecified atom stereocenters. The molecular weight excluding hydrogens is 1030 g/mol. The van der Waals surface area contributed by atoms with Crippen molar-refractivity contribution in [3.05, 3.63) is 60.8 Å². The van der Waals surface area contributed by atoms with Crippen molar-refractivity contribution < 1.29 is 32.9 Å². The molecule has 0 aliphatic carbocycles. The van der Waals surface area contributed by atoms with E-state index in [1.807, 2.05) is 27.2 Å². The number of quaternary nitrogens is 1. The summed E-state index contributed by atoms with van der Waals surface area (Å²) in [6.07, 6.45) is 88.0. The van der Waals surface area contributed by atoms with Gasteiger partial charge in [-0.3, -0.25) is 13.8 Å². The molecule has 1 amide bonds. The zero-order valence-corrected chi connectivity index (χ0v) is 56.1. The number of unbranched alkanes of at least 4 members (excludes halogenated alkanes) is 45. The topological polar surface area (TPSA) is 105 Å². The highest BCUT2D eigenvalue weighted by atomic mass is 31.2. The standard InChI is InChI=1S/C73H139N2O6P/c1-6-8-10-12-14-16-18-20-22-24-26-28-30-32-34-36-37-39-41-43-45-47-49-51-53-55-57-59-61-63-65-67-73(77)74-71(70-81-82(78,79)80-69-68-75(3,4)5)72(76)66-64-62-60-58-56-54-52-50-48-46-44-42-40-38-35-33-31-29-27-25-23-21-19-17-15-13-11-9-7-2/h8,10,14,16,20,22,26,28,64,66,71-72,76H,6-7,9,11-13,15,17-19,21,23-25,27,29-63,65,67-70H2,1-5H3,(H-,74,77,78,79)/p+1/b10-8-,16-14-,22-20-,28-26-,66-64+. The minimum Gasteiger partial charge on any atom is -0.387 e. The van der Waals surface area contributed by atoms with Crippen molar-refractivity contribution in [1.82, 2.24) is 5.32 Å². The number of likely N-dealkylation sites (N-methyl/N-ethyl adjacent to an activating group) is 1. The van der Waals surface area contributed by atoms with Gasteiger partial charge in [0.2, 0.25) is 5.91 Å². The van der Waals surface area contributed by atoms with Crippen LogP contribution in [-0.4, -0.2) is 73.4 Å². The Kier molecular flexibility index (Phi) is 62.3. The van der Waals surface area contributed by atoms with Gasteiger partial charge in [0.05, 0.1) is 39.9 Å². The van der Waals surface area contributed by atoms with Crippen molar-refractivity contribution in [1.29, 1.82) is 0 Å². The molecule has 0 rings (SSSR count). The van der Waals surface area contributed by atoms with Crippen LogP contribution in [0.2, 0.25) is 0 Å². The summed E-state index contributed by atoms with van der Waals surface area (Å²) >= 11 is 0. The maximum absolute atomic E-state index is 13.1. The Morgan fingerprint density at radius 2 is 0.732 bits per heavy atom. The Labute approximate surface area is 511 Å². The minimum atomic E-state index is -4.36. The zero-order chi connectivity index (χ0) is 59.8. The van der Waals surface area contributed by atoms with Crippen LogP contribution in [0.3, 0.4) is 0 Å². The van der Waals surface area contributed by atoms with Crippen LogP contribution in [-0.2, 0) is 18.4 Å². The lowest BCUT2D eigenvalue weighted by Gasteiger charge is -2.25. The van der Waals surface area contributed by atoms with Crippen LogP contribution in [0.25, 0.3) is 0 Å². The van der Waals surface area contributed by atoms with E-state index in [0.29, 0.717) is 17.4 Å². The summed E-state index contributed by atoms with van der Waals surface area (Å²) in [4.78, 5) is 23.4. The number of hydrogen-bond donors (Lipinski definition) is 3. The highest BCUT2D eigenvalue weighted by Gasteiger charge is 2.28. The van der Waals surface area contributed by atoms with E-state index >= 15 is 0 Å². The lowest BCUT2D eigenvalue weighted by atomic mass is 10.0. The van der Waals surface area contributed by atoms with Gasteiger partial charge in [0.15, 0.2) is 0 Å². The number of nitrogens with one attached hydrogen (secondary N) is 1. The van der Waals surface area contributed by atoms with E-state index in [0.717, 1.165) is 64.2 Å². The van der Waals surface area contributed by atoms with Crippen molar-refractivity contribution in [2.45, 2.75) is 360 Å². The summed E-state index contributed by atoms with van der Waals surface area (Å²) in [5, 5.41) is 14.0. The third-order valence-corrected chi connectivity index (χ3v) is 17.2. The first-order valence-corrected chi connectivity index (χ1v) is 37.2. The average molecular weight is 1170 g/mol. The molecule has 0 saturated carbocycles. The number of nitrogens with zero attached hydrogens (tertiary/aromatic N) is 1. The number of amides is 1. The third-order valence-electron chi connectivity index (χ3n) is 16.2. The van der Waals surface area contributed by atoms with Gasteiger partial charge in [-0.2, -0.15) is 0 Å². The van der Waals surface area contributed by atoms with Gasteiger partial charge in [-0.15, -0.1) is 0 Å². The van der Waals surface area contributed by atoms with Crippen molar-refractivity contribution in [3.8, 4) is 0 Å². The lowest BCUT2D eigenvalue weighted by Crippen LogP contribution is -2.45. The van der Waals surface area contributed by atoms with Gasteiger partial charge in [-0.1, -0.05) is 344 Å². The van der Waals surface area contributed by atoms with Gasteiger partial charge >= 0.3 is 7.82 Å². The molecule has 0 saturated heterocycles. The van der Waals surface area contributed by atoms with Crippen molar-refractivity contribution in [2.24, 2.45) is 0 Å². The van der Waals surface area contributed by atoms with E-state index < -0.39 is 20.0 Å². The summed E-state index contributed by atoms with van der Waals surface area (Å²) in [5.41, 5.74) is 0. The van der Waals surface area contributed by atoms with E-state index in [-0.39, 0.29) is 19.1 Å². The van der Waals surface area contributed by atoms with Crippen LogP contribution in [0.5, 0.6) is 0 Å². The van der Waals surface area contributed by atoms with Crippen LogP contribution in [0, 0.1) is 0 Å². The van der Waals surface area contributed by atoms with E-state index in [2.05, 4.69) is 67.8 Å². The summed E-state index contributed by atoms with van der Waals surface area (Å²) in [6, 6.07) is -0.849. The summed E-state index contributed by atoms with van der Waals surface area (Å²) < 4.78 is 23.8. The fourth-order valence-corrected chi connectivity index (χ4v) is 11.5. The van der Waals surface area contributed by atoms with E-state index in [9.17, 15) is 19.4 Å². The van der Waals surface area contributed by atoms with Gasteiger partial charge in [-0.05, 0) is 57.8 Å². The number of phosphoric ester groups is 1. The van der Waals surface area contributed by atoms with Crippen molar-refractivity contribution >= 4 is 13.7 Å². The predicted molar refractivity (Wildman–Crippen MR) is 360 cm³/mol. The molecule has 0 heterocycles. The maximum atomic E-state index is 13.1. The molecule has 0 aliphatic heterocycles. The maximum Gasteiger partial charge on any atom is 0.472 e. The molecule has 9 heteroatoms. The highest BCUT2D eigenvalue weighted by molar-refractivity contribution is 7.47. The molecular formula is C73H140N2O6P+. The fourth-order valence-electron chi connectivity index (χ4n) is 10.7. The van der Waals surface area contributed by atoms with Crippen molar-refractivity contribution in [3.63, 3.8) is 0 Å². The highest BCUT2D eigenvalue weighted by Crippen LogP contribution is 2.43. The van der Waals surface area contributed by atoms with Crippen LogP contribution in [0.1, 0.15) is 348 Å². The largest absolute Gasteiger partial charge is 0.472 e. The lowest BCUT2D eigenvalue weighted by molar-refractivity contribution is -0.870. The van der Waals surface area contributed by atoms with Crippen LogP contribution in [0.15, 0.2) is 60.8 Å². The molecule has 3 atom stereocenters. The zero-order valence-electron chi connectivity index (χ0n) is 55.2. The van der Waals surface area contributed by atoms with Crippen LogP contribution in [0.4, 0.5) is 0 Å². The van der Waals surface area contributed by atoms with Gasteiger partial charge in [0.25, 0.3) is 0 Å². The number of aliphatic hydroxyl groups is 1. The molecule has 482 valence electrons. The van der Waals surface area contributed by atoms with E-state index in [4.69, 9.17) is 9.05 Å². The molecule has 0 aromatic carbocycles. The third kappa shape index (κ3) is 65.7. The molecule has 0 aromatic rings. The Balaban J connectivity index is 4.04. The normalized spacial score (nSPS) is 14.0. The van der Waals surface area contributed by atoms with Crippen LogP contribution >= 0.6 is 7.82 Å². The van der Waals surface area contributed by atoms with Gasteiger partial charge < -0.3 is 19.8 Å². The number of aliphatic hydroxyl groups excluding tert-OH is 1. The van der Waals surface area contributed by atoms with Crippen LogP contribution < -0.4 is 5.32 Å². The molecule has 3 N–H and O–H groups in total. The van der Waals surface area contributed by atoms with E-state index in [1.165, 1.54) is 263 Å². The molecule has 8 nitrogen and oxygen atoms in total. The first kappa shape index (κ1) is 80.2. The SMILES string of the molecule is CC/C=C\C/C=C\C/C=C\C/C=C\CCCCCCCCCCCCCCCCCCCCC(=O)NC(COP(=O)(O)OCC[N+](C)(C)C)C(O)/C=C/CCCCCCCCCCCCCCCCCCCCCCCCCCCCC. The Bertz CT molecular complexity index is 1520. The number of rotatable bonds is 66. The summed E-state index contributed by atoms with van der Waals surface area (Å²) in [6.45, 7) is 4.75. The fraction of sp³-hybridized carbons (Fsp3) is 0.849. The second-order valence-corrected chi connectivity index (χ2v) is 27.0. The summed E-state index contributed by atoms with van der Waals surface area (Å²) in [7, 11) is 1.58. The summed E-state index contributed by atoms with van der Waals surface area (Å²) in [5.74, 6) is -0.172. The Morgan fingerprint density at radius 3 is 1.07 bits per heavy atom. The molecule has 0 bridgehead atoms. The van der Waals surface area contributed by atoms with Gasteiger partial charge in [-0.25, -0.2) is 4.57 Å². The Morgan fingerprint density at radius 1 is 0.427 bits per heavy atom. The van der Waals surface area contributed by atoms with Gasteiger partial charge in [0.1, 0.15) is 13.2 Å².